The summed E-state index contributed by atoms with van der Waals surface area (Å²) in [5, 5.41) is 20.7. The van der Waals surface area contributed by atoms with E-state index in [1.807, 2.05) is 6.07 Å². The molecular formula is C25H26FN7O5S. The minimum absolute atomic E-state index is 0.00317. The van der Waals surface area contributed by atoms with Crippen molar-refractivity contribution in [3.8, 4) is 16.8 Å². The van der Waals surface area contributed by atoms with E-state index in [2.05, 4.69) is 15.5 Å². The molecule has 0 saturated heterocycles. The Morgan fingerprint density at radius 2 is 2.00 bits per heavy atom. The monoisotopic (exact) mass is 555 g/mol. The molecule has 4 rings (SSSR count). The molecule has 3 aromatic heterocycles. The third kappa shape index (κ3) is 5.59. The van der Waals surface area contributed by atoms with Gasteiger partial charge in [-0.05, 0) is 32.0 Å². The molecule has 3 heterocycles. The van der Waals surface area contributed by atoms with Gasteiger partial charge in [-0.25, -0.2) is 9.18 Å². The first-order valence-corrected chi connectivity index (χ1v) is 12.8. The highest BCUT2D eigenvalue weighted by molar-refractivity contribution is 7.21. The zero-order chi connectivity index (χ0) is 28.1. The lowest BCUT2D eigenvalue weighted by molar-refractivity contribution is -0.121. The number of amides is 1. The van der Waals surface area contributed by atoms with Crippen molar-refractivity contribution in [2.24, 2.45) is 0 Å². The highest BCUT2D eigenvalue weighted by Gasteiger charge is 2.26. The molecule has 39 heavy (non-hydrogen) atoms. The van der Waals surface area contributed by atoms with Gasteiger partial charge in [-0.15, -0.1) is 4.80 Å². The molecule has 0 bridgehead atoms. The van der Waals surface area contributed by atoms with E-state index in [-0.39, 0.29) is 25.0 Å². The van der Waals surface area contributed by atoms with E-state index in [1.165, 1.54) is 47.1 Å². The van der Waals surface area contributed by atoms with Gasteiger partial charge in [0.1, 0.15) is 34.0 Å². The third-order valence-corrected chi connectivity index (χ3v) is 7.25. The Bertz CT molecular complexity index is 1650. The van der Waals surface area contributed by atoms with Crippen LogP contribution < -0.4 is 21.3 Å². The molecule has 14 heteroatoms. The molecule has 204 valence electrons. The topological polar surface area (TPSA) is 146 Å². The van der Waals surface area contributed by atoms with Gasteiger partial charge >= 0.3 is 5.69 Å². The highest BCUT2D eigenvalue weighted by atomic mass is 32.1. The molecule has 1 N–H and O–H groups in total. The molecule has 1 aromatic carbocycles. The van der Waals surface area contributed by atoms with Crippen molar-refractivity contribution in [1.82, 2.24) is 29.4 Å². The lowest BCUT2D eigenvalue weighted by Gasteiger charge is -2.22. The molecule has 1 amide bonds. The predicted molar refractivity (Wildman–Crippen MR) is 141 cm³/mol. The van der Waals surface area contributed by atoms with Crippen molar-refractivity contribution >= 4 is 27.5 Å². The minimum Gasteiger partial charge on any atom is -0.496 e. The van der Waals surface area contributed by atoms with Crippen LogP contribution in [0.1, 0.15) is 30.6 Å². The molecule has 0 aliphatic carbocycles. The molecule has 0 fully saturated rings. The zero-order valence-electron chi connectivity index (χ0n) is 21.5. The van der Waals surface area contributed by atoms with E-state index in [4.69, 9.17) is 14.7 Å². The number of carbonyl (C=O) groups is 1. The number of likely N-dealkylation sites (N-methyl/N-ethyl adjacent to an activating group) is 1. The van der Waals surface area contributed by atoms with Crippen LogP contribution in [-0.2, 0) is 22.6 Å². The van der Waals surface area contributed by atoms with Gasteiger partial charge in [0.05, 0.1) is 50.5 Å². The number of carbonyl (C=O) groups excluding carboxylic acids is 1. The van der Waals surface area contributed by atoms with Crippen molar-refractivity contribution in [3.63, 3.8) is 0 Å². The number of ether oxygens (including phenoxy) is 2. The van der Waals surface area contributed by atoms with Crippen LogP contribution in [0.5, 0.6) is 5.75 Å². The Balaban J connectivity index is 1.95. The Labute approximate surface area is 225 Å². The molecule has 0 aliphatic rings. The lowest BCUT2D eigenvalue weighted by atomic mass is 10.1. The summed E-state index contributed by atoms with van der Waals surface area (Å²) in [6.45, 7) is 3.11. The first-order chi connectivity index (χ1) is 18.8. The van der Waals surface area contributed by atoms with Crippen LogP contribution in [0.2, 0.25) is 0 Å². The standard InChI is InChI=1S/C25H26FN7O5S/c1-4-28-20(34)14-31-22(35)21-15(2)23(33-29-9-10-30-33)39-24(21)32(25(31)36)13-19(38-11-5-8-27)17-12-16(26)6-7-18(17)37-3/h6-7,9-10,12,19H,4-5,11,13-14H2,1-3H3,(H,28,34)/t19-/m0/s1. The maximum Gasteiger partial charge on any atom is 0.332 e. The number of halogens is 1. The van der Waals surface area contributed by atoms with E-state index < -0.39 is 35.6 Å². The van der Waals surface area contributed by atoms with Crippen LogP contribution in [0, 0.1) is 24.1 Å². The van der Waals surface area contributed by atoms with Gasteiger partial charge in [-0.1, -0.05) is 11.3 Å². The van der Waals surface area contributed by atoms with Crippen LogP contribution in [-0.4, -0.2) is 50.3 Å². The van der Waals surface area contributed by atoms with E-state index in [1.54, 1.807) is 13.8 Å². The molecule has 1 atom stereocenters. The molecule has 12 nitrogen and oxygen atoms in total. The zero-order valence-corrected chi connectivity index (χ0v) is 22.3. The maximum absolute atomic E-state index is 14.3. The number of methoxy groups -OCH3 is 1. The van der Waals surface area contributed by atoms with Gasteiger partial charge in [-0.2, -0.15) is 15.5 Å². The van der Waals surface area contributed by atoms with Crippen molar-refractivity contribution in [2.75, 3.05) is 20.3 Å². The Morgan fingerprint density at radius 1 is 1.26 bits per heavy atom. The summed E-state index contributed by atoms with van der Waals surface area (Å²) in [7, 11) is 1.42. The van der Waals surface area contributed by atoms with Gasteiger partial charge in [0.2, 0.25) is 5.91 Å². The number of fused-ring (bicyclic) bond motifs is 1. The Morgan fingerprint density at radius 3 is 2.67 bits per heavy atom. The van der Waals surface area contributed by atoms with Gasteiger partial charge in [0, 0.05) is 17.7 Å². The average molecular weight is 556 g/mol. The second-order valence-electron chi connectivity index (χ2n) is 8.42. The summed E-state index contributed by atoms with van der Waals surface area (Å²) < 4.78 is 27.9. The normalized spacial score (nSPS) is 11.9. The maximum atomic E-state index is 14.3. The first-order valence-electron chi connectivity index (χ1n) is 12.0. The smallest absolute Gasteiger partial charge is 0.332 e. The summed E-state index contributed by atoms with van der Waals surface area (Å²) in [5.74, 6) is -0.724. The number of rotatable bonds is 11. The molecule has 0 radical (unpaired) electrons. The summed E-state index contributed by atoms with van der Waals surface area (Å²) in [4.78, 5) is 41.4. The van der Waals surface area contributed by atoms with Crippen LogP contribution >= 0.6 is 11.3 Å². The quantitative estimate of drug-likeness (QED) is 0.277. The van der Waals surface area contributed by atoms with Crippen LogP contribution in [0.3, 0.4) is 0 Å². The van der Waals surface area contributed by atoms with Gasteiger partial charge in [-0.3, -0.25) is 18.7 Å². The number of nitrogens with zero attached hydrogens (tertiary/aromatic N) is 6. The predicted octanol–water partition coefficient (Wildman–Crippen LogP) is 2.07. The molecule has 0 aliphatic heterocycles. The molecule has 0 unspecified atom stereocenters. The summed E-state index contributed by atoms with van der Waals surface area (Å²) in [5.41, 5.74) is -0.529. The number of benzene rings is 1. The van der Waals surface area contributed by atoms with Crippen molar-refractivity contribution in [1.29, 1.82) is 5.26 Å². The summed E-state index contributed by atoms with van der Waals surface area (Å²) in [6, 6.07) is 5.90. The minimum atomic E-state index is -0.936. The lowest BCUT2D eigenvalue weighted by Crippen LogP contribution is -2.44. The van der Waals surface area contributed by atoms with E-state index >= 15 is 0 Å². The molecular weight excluding hydrogens is 529 g/mol. The summed E-state index contributed by atoms with van der Waals surface area (Å²) >= 11 is 1.13. The van der Waals surface area contributed by atoms with E-state index in [0.29, 0.717) is 33.3 Å². The van der Waals surface area contributed by atoms with Gasteiger partial charge in [0.25, 0.3) is 5.56 Å². The van der Waals surface area contributed by atoms with Gasteiger partial charge < -0.3 is 14.8 Å². The number of nitriles is 1. The highest BCUT2D eigenvalue weighted by Crippen LogP contribution is 2.33. The van der Waals surface area contributed by atoms with E-state index in [0.717, 1.165) is 15.9 Å². The first kappa shape index (κ1) is 27.7. The molecule has 0 spiro atoms. The molecule has 4 aromatic rings. The average Bonchev–Trinajstić information content (AvgIpc) is 3.56. The number of aryl methyl sites for hydroxylation is 1. The fraction of sp³-hybridized carbons (Fsp3) is 0.360. The van der Waals surface area contributed by atoms with Crippen molar-refractivity contribution in [2.45, 2.75) is 39.5 Å². The Kier molecular flexibility index (Phi) is 8.52. The number of aromatic nitrogens is 5. The van der Waals surface area contributed by atoms with Crippen LogP contribution in [0.25, 0.3) is 15.2 Å². The fourth-order valence-electron chi connectivity index (χ4n) is 4.20. The number of hydrogen-bond acceptors (Lipinski definition) is 9. The van der Waals surface area contributed by atoms with Crippen LogP contribution in [0.4, 0.5) is 4.39 Å². The van der Waals surface area contributed by atoms with E-state index in [9.17, 15) is 18.8 Å². The second kappa shape index (κ2) is 12.0. The SMILES string of the molecule is CCNC(=O)Cn1c(=O)c2c(C)c(-n3nccn3)sc2n(C[C@H](OCCC#N)c2cc(F)ccc2OC)c1=O. The second-order valence-corrected chi connectivity index (χ2v) is 9.40. The largest absolute Gasteiger partial charge is 0.496 e. The van der Waals surface area contributed by atoms with Crippen molar-refractivity contribution in [3.05, 3.63) is 68.4 Å². The fourth-order valence-corrected chi connectivity index (χ4v) is 5.42. The number of hydrogen-bond donors (Lipinski definition) is 1. The Hall–Kier alpha value is -4.35. The number of thiophene rings is 1. The van der Waals surface area contributed by atoms with Gasteiger partial charge in [0.15, 0.2) is 0 Å². The number of nitrogens with one attached hydrogen (secondary N) is 1. The third-order valence-electron chi connectivity index (χ3n) is 5.96. The molecule has 0 saturated carbocycles. The van der Waals surface area contributed by atoms with Crippen LogP contribution in [0.15, 0.2) is 40.2 Å². The van der Waals surface area contributed by atoms with Crippen molar-refractivity contribution < 1.29 is 18.7 Å². The summed E-state index contributed by atoms with van der Waals surface area (Å²) in [6.07, 6.45) is 2.09.